The molecule has 0 bridgehead atoms. The Hall–Kier alpha value is -1.55. The lowest BCUT2D eigenvalue weighted by atomic mass is 10.1. The number of esters is 1. The molecule has 0 saturated carbocycles. The van der Waals surface area contributed by atoms with Crippen LogP contribution in [0.4, 0.5) is 18.9 Å². The number of hydrogen-bond donors (Lipinski definition) is 1. The fourth-order valence-corrected chi connectivity index (χ4v) is 2.84. The van der Waals surface area contributed by atoms with Crippen molar-refractivity contribution in [2.75, 3.05) is 18.7 Å². The number of amides is 1. The number of anilines is 1. The molecule has 1 aromatic carbocycles. The topological polar surface area (TPSA) is 61.9 Å². The van der Waals surface area contributed by atoms with Crippen molar-refractivity contribution in [3.63, 3.8) is 0 Å². The van der Waals surface area contributed by atoms with E-state index < -0.39 is 34.5 Å². The van der Waals surface area contributed by atoms with Crippen LogP contribution in [0.25, 0.3) is 0 Å². The van der Waals surface area contributed by atoms with Crippen LogP contribution in [-0.4, -0.2) is 47.3 Å². The van der Waals surface area contributed by atoms with Crippen molar-refractivity contribution in [3.05, 3.63) is 29.6 Å². The predicted octanol–water partition coefficient (Wildman–Crippen LogP) is 2.44. The number of nitrogens with zero attached hydrogens (tertiary/aromatic N) is 2. The highest BCUT2D eigenvalue weighted by Crippen LogP contribution is 2.31. The average Bonchev–Trinajstić information content (AvgIpc) is 2.83. The van der Waals surface area contributed by atoms with E-state index in [-0.39, 0.29) is 18.7 Å². The van der Waals surface area contributed by atoms with Crippen LogP contribution in [0.15, 0.2) is 18.2 Å². The minimum absolute atomic E-state index is 0.0717. The number of hydrazine groups is 2. The Kier molecular flexibility index (Phi) is 6.38. The molecule has 1 saturated heterocycles. The van der Waals surface area contributed by atoms with Gasteiger partial charge in [0.25, 0.3) is 12.3 Å². The van der Waals surface area contributed by atoms with E-state index in [0.717, 1.165) is 11.1 Å². The van der Waals surface area contributed by atoms with Crippen LogP contribution in [0.5, 0.6) is 0 Å². The third kappa shape index (κ3) is 4.22. The van der Waals surface area contributed by atoms with E-state index in [1.165, 1.54) is 19.2 Å². The molecular weight excluding hydrogens is 398 g/mol. The lowest BCUT2D eigenvalue weighted by Crippen LogP contribution is -2.40. The first kappa shape index (κ1) is 20.8. The van der Waals surface area contributed by atoms with Crippen LogP contribution in [0, 0.1) is 5.82 Å². The Morgan fingerprint density at radius 1 is 1.42 bits per heavy atom. The van der Waals surface area contributed by atoms with Gasteiger partial charge in [-0.15, -0.1) is 0 Å². The normalized spacial score (nSPS) is 18.7. The molecular formula is C15H16Cl2F3N3O3. The van der Waals surface area contributed by atoms with Crippen LogP contribution < -0.4 is 10.5 Å². The van der Waals surface area contributed by atoms with Gasteiger partial charge in [0.05, 0.1) is 12.3 Å². The summed E-state index contributed by atoms with van der Waals surface area (Å²) in [4.78, 5) is 23.9. The zero-order valence-electron chi connectivity index (χ0n) is 13.8. The van der Waals surface area contributed by atoms with Crippen LogP contribution >= 0.6 is 23.2 Å². The van der Waals surface area contributed by atoms with Crippen molar-refractivity contribution < 1.29 is 27.5 Å². The number of ether oxygens (including phenoxy) is 1. The molecule has 1 N–H and O–H groups in total. The van der Waals surface area contributed by atoms with Gasteiger partial charge >= 0.3 is 5.97 Å². The Bertz CT molecular complexity index is 706. The van der Waals surface area contributed by atoms with E-state index in [1.54, 1.807) is 6.92 Å². The number of nitrogens with one attached hydrogen (secondary N) is 1. The van der Waals surface area contributed by atoms with Gasteiger partial charge in [0, 0.05) is 13.5 Å². The summed E-state index contributed by atoms with van der Waals surface area (Å²) >= 11 is 11.9. The molecule has 1 amide bonds. The number of rotatable bonds is 6. The molecule has 0 aliphatic carbocycles. The number of hydrogen-bond acceptors (Lipinski definition) is 5. The molecule has 26 heavy (non-hydrogen) atoms. The molecule has 1 unspecified atom stereocenters. The predicted molar refractivity (Wildman–Crippen MR) is 89.4 cm³/mol. The highest BCUT2D eigenvalue weighted by molar-refractivity contribution is 6.57. The molecule has 144 valence electrons. The first-order valence-electron chi connectivity index (χ1n) is 7.53. The quantitative estimate of drug-likeness (QED) is 0.573. The summed E-state index contributed by atoms with van der Waals surface area (Å²) in [6, 6.07) is 1.77. The lowest BCUT2D eigenvalue weighted by molar-refractivity contribution is -0.143. The number of benzene rings is 1. The fraction of sp³-hybridized carbons (Fsp3) is 0.467. The number of alkyl halides is 4. The largest absolute Gasteiger partial charge is 0.464 e. The smallest absolute Gasteiger partial charge is 0.342 e. The molecule has 1 aliphatic heterocycles. The van der Waals surface area contributed by atoms with Gasteiger partial charge in [-0.25, -0.2) is 28.0 Å². The molecule has 1 aromatic rings. The van der Waals surface area contributed by atoms with E-state index in [4.69, 9.17) is 27.9 Å². The van der Waals surface area contributed by atoms with Gasteiger partial charge < -0.3 is 4.74 Å². The molecule has 1 fully saturated rings. The van der Waals surface area contributed by atoms with E-state index in [9.17, 15) is 22.8 Å². The summed E-state index contributed by atoms with van der Waals surface area (Å²) in [5, 5.41) is 1.55. The third-order valence-electron chi connectivity index (χ3n) is 3.64. The second-order valence-electron chi connectivity index (χ2n) is 5.55. The van der Waals surface area contributed by atoms with Gasteiger partial charge in [-0.2, -0.15) is 5.53 Å². The molecule has 6 nitrogen and oxygen atoms in total. The molecule has 0 radical (unpaired) electrons. The van der Waals surface area contributed by atoms with Crippen LogP contribution in [0.3, 0.4) is 0 Å². The lowest BCUT2D eigenvalue weighted by Gasteiger charge is -2.21. The Morgan fingerprint density at radius 2 is 2.08 bits per heavy atom. The zero-order chi connectivity index (χ0) is 19.6. The molecule has 1 aliphatic rings. The number of halogens is 5. The number of likely N-dealkylation sites (N-methyl/N-ethyl adjacent to an activating group) is 1. The summed E-state index contributed by atoms with van der Waals surface area (Å²) in [6.45, 7) is 1.65. The van der Waals surface area contributed by atoms with Gasteiger partial charge in [-0.3, -0.25) is 4.79 Å². The fourth-order valence-electron chi connectivity index (χ4n) is 2.42. The molecule has 1 heterocycles. The summed E-state index contributed by atoms with van der Waals surface area (Å²) in [5.41, 5.74) is 2.37. The van der Waals surface area contributed by atoms with E-state index >= 15 is 0 Å². The average molecular weight is 414 g/mol. The van der Waals surface area contributed by atoms with E-state index in [2.05, 4.69) is 5.53 Å². The second-order valence-corrected chi connectivity index (χ2v) is 7.04. The van der Waals surface area contributed by atoms with E-state index in [0.29, 0.717) is 10.6 Å². The van der Waals surface area contributed by atoms with Crippen molar-refractivity contribution >= 4 is 40.8 Å². The Balaban J connectivity index is 2.28. The summed E-state index contributed by atoms with van der Waals surface area (Å²) in [6.07, 6.45) is -3.20. The summed E-state index contributed by atoms with van der Waals surface area (Å²) in [5.74, 6) is -2.72. The van der Waals surface area contributed by atoms with Gasteiger partial charge in [-0.1, -0.05) is 29.3 Å². The molecule has 11 heteroatoms. The highest BCUT2D eigenvalue weighted by Gasteiger charge is 2.44. The maximum Gasteiger partial charge on any atom is 0.342 e. The Labute approximate surface area is 157 Å². The van der Waals surface area contributed by atoms with Crippen LogP contribution in [0.2, 0.25) is 0 Å². The Morgan fingerprint density at radius 3 is 2.62 bits per heavy atom. The third-order valence-corrected chi connectivity index (χ3v) is 4.21. The molecule has 0 spiro atoms. The highest BCUT2D eigenvalue weighted by atomic mass is 35.5. The van der Waals surface area contributed by atoms with Crippen LogP contribution in [-0.2, 0) is 20.7 Å². The van der Waals surface area contributed by atoms with Crippen LogP contribution in [0.1, 0.15) is 12.5 Å². The molecule has 0 aromatic heterocycles. The maximum absolute atomic E-state index is 14.2. The number of carbonyl (C=O) groups is 2. The van der Waals surface area contributed by atoms with Crippen molar-refractivity contribution in [2.45, 2.75) is 30.1 Å². The minimum atomic E-state index is -2.96. The summed E-state index contributed by atoms with van der Waals surface area (Å²) < 4.78 is 43.0. The number of carbonyl (C=O) groups excluding carboxylic acids is 2. The first-order valence-corrected chi connectivity index (χ1v) is 8.28. The summed E-state index contributed by atoms with van der Waals surface area (Å²) in [7, 11) is 1.24. The van der Waals surface area contributed by atoms with Crippen molar-refractivity contribution in [1.82, 2.24) is 10.5 Å². The van der Waals surface area contributed by atoms with E-state index in [1.807, 2.05) is 0 Å². The standard InChI is InChI=1S/C15H16Cl2F3N3O3/c1-3-26-14(25)15(16,17)7-8-4-5-9(18)10(6-8)23-13(24)11(12(19)20)22(2)21-23/h4-6,11-12,21H,3,7H2,1-2H3. The minimum Gasteiger partial charge on any atom is -0.464 e. The van der Waals surface area contributed by atoms with Gasteiger partial charge in [0.2, 0.25) is 4.33 Å². The van der Waals surface area contributed by atoms with Crippen molar-refractivity contribution in [2.24, 2.45) is 0 Å². The maximum atomic E-state index is 14.2. The molecule has 2 rings (SSSR count). The monoisotopic (exact) mass is 413 g/mol. The zero-order valence-corrected chi connectivity index (χ0v) is 15.3. The first-order chi connectivity index (χ1) is 12.1. The SMILES string of the molecule is CCOC(=O)C(Cl)(Cl)Cc1ccc(F)c(N2NN(C)C(C(F)F)C2=O)c1. The van der Waals surface area contributed by atoms with Gasteiger partial charge in [0.1, 0.15) is 5.82 Å². The van der Waals surface area contributed by atoms with Crippen molar-refractivity contribution in [1.29, 1.82) is 0 Å². The van der Waals surface area contributed by atoms with Gasteiger partial charge in [-0.05, 0) is 24.6 Å². The molecule has 1 atom stereocenters. The van der Waals surface area contributed by atoms with Gasteiger partial charge in [0.15, 0.2) is 6.04 Å². The second kappa shape index (κ2) is 7.99. The van der Waals surface area contributed by atoms with Crippen molar-refractivity contribution in [3.8, 4) is 0 Å².